The number of carbonyl (C=O) groups excluding carboxylic acids is 1. The molecule has 4 rings (SSSR count). The molecule has 1 saturated carbocycles. The summed E-state index contributed by atoms with van der Waals surface area (Å²) in [6.45, 7) is 0. The molecule has 0 spiro atoms. The maximum Gasteiger partial charge on any atom is 0.264 e. The first-order chi connectivity index (χ1) is 14.9. The lowest BCUT2D eigenvalue weighted by molar-refractivity contribution is 0.102. The largest absolute Gasteiger partial charge is 0.296 e. The number of carbonyl (C=O) groups is 1. The predicted molar refractivity (Wildman–Crippen MR) is 122 cm³/mol. The van der Waals surface area contributed by atoms with Gasteiger partial charge in [0.25, 0.3) is 15.9 Å². The quantitative estimate of drug-likeness (QED) is 0.582. The summed E-state index contributed by atoms with van der Waals surface area (Å²) in [5.74, 6) is 0.0923. The SMILES string of the molecule is CN(c1ccccc1)S(=O)(=O)c1ccc(C(=O)Nc2nnc(C3CCCCC3)s2)cc1. The summed E-state index contributed by atoms with van der Waals surface area (Å²) in [4.78, 5) is 12.7. The Labute approximate surface area is 186 Å². The van der Waals surface area contributed by atoms with Crippen LogP contribution < -0.4 is 9.62 Å². The second-order valence-electron chi connectivity index (χ2n) is 7.57. The summed E-state index contributed by atoms with van der Waals surface area (Å²) in [5.41, 5.74) is 0.921. The van der Waals surface area contributed by atoms with Gasteiger partial charge in [-0.15, -0.1) is 10.2 Å². The van der Waals surface area contributed by atoms with Gasteiger partial charge in [0.1, 0.15) is 5.01 Å². The number of para-hydroxylation sites is 1. The second kappa shape index (κ2) is 9.15. The molecule has 0 aliphatic heterocycles. The van der Waals surface area contributed by atoms with Crippen LogP contribution >= 0.6 is 11.3 Å². The first kappa shape index (κ1) is 21.5. The molecule has 0 unspecified atom stereocenters. The number of aromatic nitrogens is 2. The fourth-order valence-corrected chi connectivity index (χ4v) is 5.78. The van der Waals surface area contributed by atoms with E-state index < -0.39 is 10.0 Å². The van der Waals surface area contributed by atoms with Crippen molar-refractivity contribution >= 4 is 38.1 Å². The van der Waals surface area contributed by atoms with E-state index in [9.17, 15) is 13.2 Å². The Morgan fingerprint density at radius 3 is 2.35 bits per heavy atom. The van der Waals surface area contributed by atoms with E-state index in [2.05, 4.69) is 15.5 Å². The van der Waals surface area contributed by atoms with Crippen molar-refractivity contribution in [3.05, 3.63) is 65.2 Å². The molecule has 1 heterocycles. The van der Waals surface area contributed by atoms with Gasteiger partial charge in [-0.1, -0.05) is 48.8 Å². The Morgan fingerprint density at radius 1 is 1.00 bits per heavy atom. The molecule has 1 fully saturated rings. The summed E-state index contributed by atoms with van der Waals surface area (Å²) in [5, 5.41) is 12.6. The van der Waals surface area contributed by atoms with Crippen molar-refractivity contribution in [2.75, 3.05) is 16.7 Å². The predicted octanol–water partition coefficient (Wildman–Crippen LogP) is 4.66. The highest BCUT2D eigenvalue weighted by Crippen LogP contribution is 2.35. The number of hydrogen-bond donors (Lipinski definition) is 1. The first-order valence-corrected chi connectivity index (χ1v) is 12.5. The number of anilines is 2. The fraction of sp³-hybridized carbons (Fsp3) is 0.318. The van der Waals surface area contributed by atoms with Crippen LogP contribution in [-0.2, 0) is 10.0 Å². The van der Waals surface area contributed by atoms with Crippen LogP contribution in [0.1, 0.15) is 53.4 Å². The van der Waals surface area contributed by atoms with Crippen LogP contribution in [0.2, 0.25) is 0 Å². The molecular formula is C22H24N4O3S2. The maximum absolute atomic E-state index is 12.9. The van der Waals surface area contributed by atoms with Crippen LogP contribution in [0.3, 0.4) is 0 Å². The van der Waals surface area contributed by atoms with Crippen LogP contribution in [0.5, 0.6) is 0 Å². The smallest absolute Gasteiger partial charge is 0.264 e. The van der Waals surface area contributed by atoms with Crippen LogP contribution in [-0.4, -0.2) is 31.6 Å². The van der Waals surface area contributed by atoms with Crippen molar-refractivity contribution in [1.29, 1.82) is 0 Å². The minimum absolute atomic E-state index is 0.117. The fourth-order valence-electron chi connectivity index (χ4n) is 3.68. The van der Waals surface area contributed by atoms with E-state index in [4.69, 9.17) is 0 Å². The van der Waals surface area contributed by atoms with Gasteiger partial charge in [0, 0.05) is 18.5 Å². The molecule has 0 atom stereocenters. The Morgan fingerprint density at radius 2 is 1.68 bits per heavy atom. The van der Waals surface area contributed by atoms with Gasteiger partial charge in [0.05, 0.1) is 10.6 Å². The zero-order chi connectivity index (χ0) is 21.8. The van der Waals surface area contributed by atoms with Crippen molar-refractivity contribution < 1.29 is 13.2 Å². The van der Waals surface area contributed by atoms with Crippen LogP contribution in [0.15, 0.2) is 59.5 Å². The highest BCUT2D eigenvalue weighted by Gasteiger charge is 2.23. The number of nitrogens with zero attached hydrogens (tertiary/aromatic N) is 3. The van der Waals surface area contributed by atoms with Gasteiger partial charge in [0.2, 0.25) is 5.13 Å². The highest BCUT2D eigenvalue weighted by atomic mass is 32.2. The van der Waals surface area contributed by atoms with Gasteiger partial charge in [-0.2, -0.15) is 0 Å². The molecular weight excluding hydrogens is 432 g/mol. The van der Waals surface area contributed by atoms with Crippen molar-refractivity contribution in [1.82, 2.24) is 10.2 Å². The lowest BCUT2D eigenvalue weighted by Crippen LogP contribution is -2.26. The number of benzene rings is 2. The summed E-state index contributed by atoms with van der Waals surface area (Å²) in [6, 6.07) is 14.7. The molecule has 31 heavy (non-hydrogen) atoms. The third-order valence-corrected chi connectivity index (χ3v) is 8.31. The summed E-state index contributed by atoms with van der Waals surface area (Å²) < 4.78 is 27.0. The summed E-state index contributed by atoms with van der Waals surface area (Å²) in [7, 11) is -2.22. The van der Waals surface area contributed by atoms with Gasteiger partial charge in [0.15, 0.2) is 0 Å². The zero-order valence-electron chi connectivity index (χ0n) is 17.2. The molecule has 0 bridgehead atoms. The number of nitrogens with one attached hydrogen (secondary N) is 1. The van der Waals surface area contributed by atoms with Gasteiger partial charge in [-0.3, -0.25) is 14.4 Å². The third-order valence-electron chi connectivity index (χ3n) is 5.51. The Balaban J connectivity index is 1.44. The van der Waals surface area contributed by atoms with Gasteiger partial charge in [-0.05, 0) is 49.2 Å². The average Bonchev–Trinajstić information content (AvgIpc) is 3.28. The zero-order valence-corrected chi connectivity index (χ0v) is 18.8. The Bertz CT molecular complexity index is 1140. The van der Waals surface area contributed by atoms with Crippen LogP contribution in [0.4, 0.5) is 10.8 Å². The molecule has 0 radical (unpaired) electrons. The number of rotatable bonds is 6. The molecule has 1 aliphatic carbocycles. The van der Waals surface area contributed by atoms with E-state index in [0.29, 0.717) is 22.3 Å². The molecule has 1 N–H and O–H groups in total. The molecule has 7 nitrogen and oxygen atoms in total. The second-order valence-corrected chi connectivity index (χ2v) is 10.5. The van der Waals surface area contributed by atoms with Gasteiger partial charge >= 0.3 is 0 Å². The lowest BCUT2D eigenvalue weighted by atomic mass is 9.90. The molecule has 9 heteroatoms. The summed E-state index contributed by atoms with van der Waals surface area (Å²) >= 11 is 1.41. The average molecular weight is 457 g/mol. The lowest BCUT2D eigenvalue weighted by Gasteiger charge is -2.19. The molecule has 162 valence electrons. The van der Waals surface area contributed by atoms with Crippen molar-refractivity contribution in [3.8, 4) is 0 Å². The maximum atomic E-state index is 12.9. The number of hydrogen-bond acceptors (Lipinski definition) is 6. The Hall–Kier alpha value is -2.78. The molecule has 3 aromatic rings. The highest BCUT2D eigenvalue weighted by molar-refractivity contribution is 7.92. The number of sulfonamides is 1. The van der Waals surface area contributed by atoms with E-state index in [1.54, 1.807) is 24.3 Å². The molecule has 0 saturated heterocycles. The molecule has 1 aliphatic rings. The third kappa shape index (κ3) is 4.77. The van der Waals surface area contributed by atoms with E-state index in [0.717, 1.165) is 17.8 Å². The normalized spacial score (nSPS) is 14.9. The first-order valence-electron chi connectivity index (χ1n) is 10.2. The molecule has 2 aromatic carbocycles. The van der Waals surface area contributed by atoms with E-state index in [-0.39, 0.29) is 10.8 Å². The van der Waals surface area contributed by atoms with Gasteiger partial charge < -0.3 is 0 Å². The van der Waals surface area contributed by atoms with E-state index >= 15 is 0 Å². The Kier molecular flexibility index (Phi) is 6.33. The van der Waals surface area contributed by atoms with Crippen molar-refractivity contribution in [3.63, 3.8) is 0 Å². The monoisotopic (exact) mass is 456 g/mol. The molecule has 1 amide bonds. The van der Waals surface area contributed by atoms with Crippen molar-refractivity contribution in [2.24, 2.45) is 0 Å². The van der Waals surface area contributed by atoms with E-state index in [1.807, 2.05) is 6.07 Å². The van der Waals surface area contributed by atoms with Crippen LogP contribution in [0, 0.1) is 0 Å². The standard InChI is InChI=1S/C22H24N4O3S2/c1-26(18-10-6-3-7-11-18)31(28,29)19-14-12-16(13-15-19)20(27)23-22-25-24-21(30-22)17-8-4-2-5-9-17/h3,6-7,10-15,17H,2,4-5,8-9H2,1H3,(H,23,25,27). The van der Waals surface area contributed by atoms with E-state index in [1.165, 1.54) is 66.2 Å². The summed E-state index contributed by atoms with van der Waals surface area (Å²) in [6.07, 6.45) is 5.93. The molecule has 1 aromatic heterocycles. The number of amides is 1. The minimum Gasteiger partial charge on any atom is -0.296 e. The van der Waals surface area contributed by atoms with Crippen molar-refractivity contribution in [2.45, 2.75) is 42.9 Å². The van der Waals surface area contributed by atoms with Gasteiger partial charge in [-0.25, -0.2) is 8.42 Å². The minimum atomic E-state index is -3.72. The topological polar surface area (TPSA) is 92.3 Å². The van der Waals surface area contributed by atoms with Crippen LogP contribution in [0.25, 0.3) is 0 Å².